The van der Waals surface area contributed by atoms with Crippen LogP contribution in [-0.4, -0.2) is 53.3 Å². The number of anilines is 1. The van der Waals surface area contributed by atoms with Gasteiger partial charge in [0, 0.05) is 0 Å². The van der Waals surface area contributed by atoms with Crippen LogP contribution in [0.1, 0.15) is 5.56 Å². The van der Waals surface area contributed by atoms with Crippen molar-refractivity contribution in [1.29, 1.82) is 0 Å². The van der Waals surface area contributed by atoms with Crippen LogP contribution in [0.4, 0.5) is 14.9 Å². The van der Waals surface area contributed by atoms with Gasteiger partial charge in [0.25, 0.3) is 11.1 Å². The number of methoxy groups -OCH3 is 1. The first-order chi connectivity index (χ1) is 15.7. The van der Waals surface area contributed by atoms with Crippen LogP contribution in [0.25, 0.3) is 6.08 Å². The number of thioether (sulfide) groups is 1. The van der Waals surface area contributed by atoms with Gasteiger partial charge in [0.05, 0.1) is 22.2 Å². The number of aliphatic carboxylic acids is 1. The summed E-state index contributed by atoms with van der Waals surface area (Å²) in [5.74, 6) is -2.85. The van der Waals surface area contributed by atoms with E-state index >= 15 is 0 Å². The lowest BCUT2D eigenvalue weighted by Gasteiger charge is -2.13. The maximum absolute atomic E-state index is 13.7. The predicted molar refractivity (Wildman–Crippen MR) is 122 cm³/mol. The van der Waals surface area contributed by atoms with E-state index in [1.807, 2.05) is 0 Å². The molecule has 0 aliphatic carbocycles. The Morgan fingerprint density at radius 3 is 2.67 bits per heavy atom. The molecule has 9 nitrogen and oxygen atoms in total. The molecule has 1 saturated heterocycles. The van der Waals surface area contributed by atoms with E-state index in [2.05, 4.69) is 21.2 Å². The third-order valence-electron chi connectivity index (χ3n) is 4.21. The van der Waals surface area contributed by atoms with Crippen LogP contribution in [0.5, 0.6) is 11.5 Å². The molecule has 2 N–H and O–H groups in total. The Balaban J connectivity index is 1.76. The Bertz CT molecular complexity index is 1170. The summed E-state index contributed by atoms with van der Waals surface area (Å²) in [6.45, 7) is -1.16. The average Bonchev–Trinajstić information content (AvgIpc) is 3.01. The molecular weight excluding hydrogens is 523 g/mol. The molecule has 0 radical (unpaired) electrons. The van der Waals surface area contributed by atoms with Crippen LogP contribution >= 0.6 is 27.7 Å². The lowest BCUT2D eigenvalue weighted by molar-refractivity contribution is -0.139. The topological polar surface area (TPSA) is 122 Å². The van der Waals surface area contributed by atoms with Crippen molar-refractivity contribution in [3.8, 4) is 11.5 Å². The molecule has 0 aromatic heterocycles. The second-order valence-electron chi connectivity index (χ2n) is 6.51. The van der Waals surface area contributed by atoms with Crippen molar-refractivity contribution in [3.05, 3.63) is 57.2 Å². The normalized spacial score (nSPS) is 14.5. The van der Waals surface area contributed by atoms with Gasteiger partial charge in [0.1, 0.15) is 12.4 Å². The minimum Gasteiger partial charge on any atom is -0.493 e. The second kappa shape index (κ2) is 10.5. The van der Waals surface area contributed by atoms with Crippen LogP contribution in [-0.2, 0) is 14.4 Å². The van der Waals surface area contributed by atoms with Crippen LogP contribution in [0.15, 0.2) is 45.8 Å². The number of halogens is 2. The largest absolute Gasteiger partial charge is 0.493 e. The monoisotopic (exact) mass is 538 g/mol. The van der Waals surface area contributed by atoms with Gasteiger partial charge in [-0.25, -0.2) is 9.18 Å². The Hall–Kier alpha value is -3.38. The third-order valence-corrected chi connectivity index (χ3v) is 5.71. The number of carbonyl (C=O) groups excluding carboxylic acids is 3. The number of carboxylic acids is 1. The molecule has 0 saturated carbocycles. The molecule has 1 heterocycles. The van der Waals surface area contributed by atoms with Crippen molar-refractivity contribution in [2.24, 2.45) is 0 Å². The summed E-state index contributed by atoms with van der Waals surface area (Å²) >= 11 is 3.91. The van der Waals surface area contributed by atoms with Gasteiger partial charge >= 0.3 is 5.97 Å². The lowest BCUT2D eigenvalue weighted by Crippen LogP contribution is -2.36. The smallest absolute Gasteiger partial charge is 0.341 e. The summed E-state index contributed by atoms with van der Waals surface area (Å²) in [5, 5.41) is 10.5. The maximum Gasteiger partial charge on any atom is 0.341 e. The number of ether oxygens (including phenoxy) is 2. The molecule has 3 rings (SSSR count). The fraction of sp³-hybridized carbons (Fsp3) is 0.143. The van der Waals surface area contributed by atoms with E-state index in [0.29, 0.717) is 21.8 Å². The van der Waals surface area contributed by atoms with Crippen molar-refractivity contribution in [1.82, 2.24) is 4.90 Å². The average molecular weight is 539 g/mol. The van der Waals surface area contributed by atoms with Crippen LogP contribution < -0.4 is 14.8 Å². The number of carboxylic acid groups (broad SMARTS) is 1. The van der Waals surface area contributed by atoms with Crippen LogP contribution in [0.3, 0.4) is 0 Å². The van der Waals surface area contributed by atoms with E-state index in [-0.39, 0.29) is 22.1 Å². The summed E-state index contributed by atoms with van der Waals surface area (Å²) in [7, 11) is 1.36. The molecule has 2 aromatic carbocycles. The fourth-order valence-electron chi connectivity index (χ4n) is 2.78. The summed E-state index contributed by atoms with van der Waals surface area (Å²) in [6, 6.07) is 8.58. The number of rotatable bonds is 8. The molecule has 2 aromatic rings. The van der Waals surface area contributed by atoms with Gasteiger partial charge in [0.2, 0.25) is 5.91 Å². The number of hydrogen-bond acceptors (Lipinski definition) is 7. The van der Waals surface area contributed by atoms with Gasteiger partial charge in [-0.1, -0.05) is 12.1 Å². The molecule has 33 heavy (non-hydrogen) atoms. The zero-order valence-electron chi connectivity index (χ0n) is 17.0. The summed E-state index contributed by atoms with van der Waals surface area (Å²) in [5.41, 5.74) is 0.398. The van der Waals surface area contributed by atoms with E-state index in [0.717, 1.165) is 4.90 Å². The predicted octanol–water partition coefficient (Wildman–Crippen LogP) is 3.74. The summed E-state index contributed by atoms with van der Waals surface area (Å²) in [6.07, 6.45) is 1.42. The van der Waals surface area contributed by atoms with E-state index in [4.69, 9.17) is 14.6 Å². The molecule has 3 amide bonds. The number of nitrogens with one attached hydrogen (secondary N) is 1. The van der Waals surface area contributed by atoms with Gasteiger partial charge in [0.15, 0.2) is 18.1 Å². The highest BCUT2D eigenvalue weighted by Crippen LogP contribution is 2.39. The molecule has 0 atom stereocenters. The Morgan fingerprint density at radius 1 is 1.27 bits per heavy atom. The Kier molecular flexibility index (Phi) is 7.71. The lowest BCUT2D eigenvalue weighted by atomic mass is 10.2. The van der Waals surface area contributed by atoms with E-state index in [1.54, 1.807) is 6.07 Å². The van der Waals surface area contributed by atoms with Crippen molar-refractivity contribution < 1.29 is 38.1 Å². The molecule has 1 aliphatic rings. The zero-order valence-corrected chi connectivity index (χ0v) is 19.4. The van der Waals surface area contributed by atoms with Gasteiger partial charge in [-0.15, -0.1) is 0 Å². The maximum atomic E-state index is 13.7. The molecule has 1 fully saturated rings. The Morgan fingerprint density at radius 2 is 2.00 bits per heavy atom. The van der Waals surface area contributed by atoms with Crippen LogP contribution in [0.2, 0.25) is 0 Å². The number of benzene rings is 2. The molecule has 12 heteroatoms. The molecule has 0 unspecified atom stereocenters. The van der Waals surface area contributed by atoms with E-state index in [9.17, 15) is 23.6 Å². The SMILES string of the molecule is COc1cc(/C=C2\SC(=O)N(CC(=O)Nc3ccccc3F)C2=O)cc(Br)c1OCC(=O)O. The minimum atomic E-state index is -1.17. The van der Waals surface area contributed by atoms with Crippen molar-refractivity contribution in [2.75, 3.05) is 25.6 Å². The summed E-state index contributed by atoms with van der Waals surface area (Å²) < 4.78 is 24.5. The number of carbonyl (C=O) groups is 4. The van der Waals surface area contributed by atoms with Crippen LogP contribution in [0, 0.1) is 5.82 Å². The summed E-state index contributed by atoms with van der Waals surface area (Å²) in [4.78, 5) is 48.8. The molecule has 172 valence electrons. The standard InChI is InChI=1S/C21H16BrFN2O7S/c1-31-15-7-11(6-12(22)19(15)32-10-18(27)28)8-16-20(29)25(21(30)33-16)9-17(26)24-14-5-3-2-4-13(14)23/h2-8H,9-10H2,1H3,(H,24,26)(H,27,28)/b16-8-. The highest BCUT2D eigenvalue weighted by atomic mass is 79.9. The molecular formula is C21H16BrFN2O7S. The highest BCUT2D eigenvalue weighted by Gasteiger charge is 2.36. The number of hydrogen-bond donors (Lipinski definition) is 2. The second-order valence-corrected chi connectivity index (χ2v) is 8.36. The van der Waals surface area contributed by atoms with Crippen molar-refractivity contribution >= 4 is 62.5 Å². The third kappa shape index (κ3) is 5.90. The molecule has 0 bridgehead atoms. The first kappa shape index (κ1) is 24.3. The highest BCUT2D eigenvalue weighted by molar-refractivity contribution is 9.10. The fourth-order valence-corrected chi connectivity index (χ4v) is 4.19. The van der Waals surface area contributed by atoms with Gasteiger partial charge in [-0.05, 0) is 63.6 Å². The quantitative estimate of drug-likeness (QED) is 0.487. The Labute approximate surface area is 199 Å². The van der Waals surface area contributed by atoms with E-state index < -0.39 is 42.0 Å². The number of imide groups is 1. The van der Waals surface area contributed by atoms with Gasteiger partial charge < -0.3 is 19.9 Å². The van der Waals surface area contributed by atoms with E-state index in [1.165, 1.54) is 43.5 Å². The van der Waals surface area contributed by atoms with Crippen molar-refractivity contribution in [2.45, 2.75) is 0 Å². The first-order valence-corrected chi connectivity index (χ1v) is 10.8. The number of nitrogens with zero attached hydrogens (tertiary/aromatic N) is 1. The van der Waals surface area contributed by atoms with Gasteiger partial charge in [-0.2, -0.15) is 0 Å². The first-order valence-electron chi connectivity index (χ1n) is 9.21. The number of amides is 3. The van der Waals surface area contributed by atoms with Gasteiger partial charge in [-0.3, -0.25) is 19.3 Å². The molecule has 0 spiro atoms. The van der Waals surface area contributed by atoms with Crippen molar-refractivity contribution in [3.63, 3.8) is 0 Å². The number of para-hydroxylation sites is 1. The minimum absolute atomic E-state index is 0.0619. The zero-order chi connectivity index (χ0) is 24.1. The molecule has 1 aliphatic heterocycles.